The highest BCUT2D eigenvalue weighted by molar-refractivity contribution is 9.12. The molecule has 1 heterocycles. The Labute approximate surface area is 109 Å². The Hall–Kier alpha value is 0.250. The summed E-state index contributed by atoms with van der Waals surface area (Å²) in [6.45, 7) is 1.03. The minimum absolute atomic E-state index is 0.0278. The van der Waals surface area contributed by atoms with Crippen molar-refractivity contribution >= 4 is 49.0 Å². The smallest absolute Gasteiger partial charge is 0.190 e. The van der Waals surface area contributed by atoms with Crippen molar-refractivity contribution in [1.82, 2.24) is 0 Å². The fraction of sp³-hybridized carbons (Fsp3) is 0.444. The molecule has 0 unspecified atom stereocenters. The first-order valence-electron chi connectivity index (χ1n) is 4.20. The van der Waals surface area contributed by atoms with E-state index in [0.717, 1.165) is 7.57 Å². The van der Waals surface area contributed by atoms with Crippen LogP contribution in [0.5, 0.6) is 0 Å². The van der Waals surface area contributed by atoms with Crippen LogP contribution in [0.25, 0.3) is 0 Å². The summed E-state index contributed by atoms with van der Waals surface area (Å²) in [5.74, 6) is -0.0278. The van der Waals surface area contributed by atoms with Gasteiger partial charge in [0.15, 0.2) is 5.78 Å². The molecule has 0 bridgehead atoms. The fourth-order valence-corrected chi connectivity index (χ4v) is 3.77. The van der Waals surface area contributed by atoms with Crippen LogP contribution in [0.4, 0.5) is 0 Å². The molecule has 1 aromatic heterocycles. The van der Waals surface area contributed by atoms with Crippen molar-refractivity contribution in [3.8, 4) is 0 Å². The Morgan fingerprint density at radius 3 is 2.73 bits per heavy atom. The van der Waals surface area contributed by atoms with E-state index in [4.69, 9.17) is 9.47 Å². The van der Waals surface area contributed by atoms with Gasteiger partial charge in [0.1, 0.15) is 6.61 Å². The second-order valence-corrected chi connectivity index (χ2v) is 6.46. The van der Waals surface area contributed by atoms with E-state index in [1.165, 1.54) is 11.3 Å². The summed E-state index contributed by atoms with van der Waals surface area (Å²) < 4.78 is 11.7. The Morgan fingerprint density at radius 1 is 1.47 bits per heavy atom. The van der Waals surface area contributed by atoms with Gasteiger partial charge in [-0.25, -0.2) is 0 Å². The number of thiophene rings is 1. The molecule has 0 aliphatic rings. The van der Waals surface area contributed by atoms with E-state index in [0.29, 0.717) is 18.8 Å². The molecule has 0 fully saturated rings. The van der Waals surface area contributed by atoms with Crippen molar-refractivity contribution in [2.45, 2.75) is 0 Å². The number of ketones is 1. The lowest BCUT2D eigenvalue weighted by Gasteiger charge is -2.01. The molecule has 0 amide bonds. The van der Waals surface area contributed by atoms with Gasteiger partial charge in [-0.15, -0.1) is 11.3 Å². The predicted molar refractivity (Wildman–Crippen MR) is 66.7 cm³/mol. The third-order valence-electron chi connectivity index (χ3n) is 1.62. The van der Waals surface area contributed by atoms with E-state index >= 15 is 0 Å². The minimum atomic E-state index is -0.0278. The summed E-state index contributed by atoms with van der Waals surface area (Å²) in [7, 11) is 1.59. The summed E-state index contributed by atoms with van der Waals surface area (Å²) in [5, 5.41) is 0. The van der Waals surface area contributed by atoms with Crippen LogP contribution in [-0.2, 0) is 9.47 Å². The Balaban J connectivity index is 2.43. The van der Waals surface area contributed by atoms with E-state index in [-0.39, 0.29) is 12.4 Å². The normalized spacial score (nSPS) is 10.6. The predicted octanol–water partition coefficient (Wildman–Crippen LogP) is 3.12. The van der Waals surface area contributed by atoms with Crippen molar-refractivity contribution in [3.05, 3.63) is 19.2 Å². The van der Waals surface area contributed by atoms with Crippen LogP contribution in [0.2, 0.25) is 0 Å². The van der Waals surface area contributed by atoms with Crippen LogP contribution in [-0.4, -0.2) is 32.7 Å². The van der Waals surface area contributed by atoms with Crippen LogP contribution < -0.4 is 0 Å². The van der Waals surface area contributed by atoms with Gasteiger partial charge in [0.05, 0.1) is 20.8 Å². The Bertz CT molecular complexity index is 338. The van der Waals surface area contributed by atoms with Gasteiger partial charge >= 0.3 is 0 Å². The molecule has 84 valence electrons. The molecular weight excluding hydrogens is 348 g/mol. The maximum atomic E-state index is 11.6. The van der Waals surface area contributed by atoms with Crippen molar-refractivity contribution in [3.63, 3.8) is 0 Å². The van der Waals surface area contributed by atoms with Gasteiger partial charge in [-0.3, -0.25) is 4.79 Å². The summed E-state index contributed by atoms with van der Waals surface area (Å²) in [6.07, 6.45) is 0. The van der Waals surface area contributed by atoms with Gasteiger partial charge in [-0.1, -0.05) is 0 Å². The Morgan fingerprint density at radius 2 is 2.20 bits per heavy atom. The second kappa shape index (κ2) is 6.75. The highest BCUT2D eigenvalue weighted by Gasteiger charge is 2.13. The number of carbonyl (C=O) groups excluding carboxylic acids is 1. The number of rotatable bonds is 6. The van der Waals surface area contributed by atoms with E-state index in [2.05, 4.69) is 31.9 Å². The molecule has 6 heteroatoms. The summed E-state index contributed by atoms with van der Waals surface area (Å²) in [4.78, 5) is 11.6. The molecule has 0 atom stereocenters. The third kappa shape index (κ3) is 4.32. The number of ether oxygens (including phenoxy) is 2. The summed E-state index contributed by atoms with van der Waals surface area (Å²) in [5.41, 5.74) is 0.657. The topological polar surface area (TPSA) is 35.5 Å². The number of halogens is 2. The molecule has 0 spiro atoms. The summed E-state index contributed by atoms with van der Waals surface area (Å²) in [6, 6.07) is 1.79. The number of hydrogen-bond donors (Lipinski definition) is 0. The lowest BCUT2D eigenvalue weighted by molar-refractivity contribution is 0.0576. The molecule has 0 radical (unpaired) electrons. The van der Waals surface area contributed by atoms with Gasteiger partial charge in [0.25, 0.3) is 0 Å². The zero-order valence-corrected chi connectivity index (χ0v) is 12.1. The number of methoxy groups -OCH3 is 1. The van der Waals surface area contributed by atoms with Crippen LogP contribution >= 0.6 is 43.2 Å². The van der Waals surface area contributed by atoms with Gasteiger partial charge < -0.3 is 9.47 Å². The average Bonchev–Trinajstić information content (AvgIpc) is 2.52. The molecule has 0 aliphatic heterocycles. The molecule has 0 aliphatic carbocycles. The molecule has 1 rings (SSSR count). The van der Waals surface area contributed by atoms with Crippen molar-refractivity contribution in [2.75, 3.05) is 26.9 Å². The van der Waals surface area contributed by atoms with Crippen LogP contribution in [0.15, 0.2) is 13.6 Å². The van der Waals surface area contributed by atoms with Crippen LogP contribution in [0, 0.1) is 0 Å². The third-order valence-corrected chi connectivity index (χ3v) is 3.96. The molecule has 15 heavy (non-hydrogen) atoms. The SMILES string of the molecule is COCCOCC(=O)c1cc(Br)sc1Br. The molecule has 0 N–H and O–H groups in total. The highest BCUT2D eigenvalue weighted by atomic mass is 79.9. The van der Waals surface area contributed by atoms with Crippen molar-refractivity contribution in [2.24, 2.45) is 0 Å². The quantitative estimate of drug-likeness (QED) is 0.579. The highest BCUT2D eigenvalue weighted by Crippen LogP contribution is 2.32. The van der Waals surface area contributed by atoms with Crippen molar-refractivity contribution in [1.29, 1.82) is 0 Å². The van der Waals surface area contributed by atoms with Crippen LogP contribution in [0.3, 0.4) is 0 Å². The first-order chi connectivity index (χ1) is 7.15. The number of hydrogen-bond acceptors (Lipinski definition) is 4. The van der Waals surface area contributed by atoms with E-state index in [9.17, 15) is 4.79 Å². The lowest BCUT2D eigenvalue weighted by atomic mass is 10.2. The zero-order chi connectivity index (χ0) is 11.3. The molecule has 1 aromatic rings. The Kier molecular flexibility index (Phi) is 5.99. The van der Waals surface area contributed by atoms with Gasteiger partial charge in [0.2, 0.25) is 0 Å². The summed E-state index contributed by atoms with van der Waals surface area (Å²) >= 11 is 8.12. The lowest BCUT2D eigenvalue weighted by Crippen LogP contribution is -2.11. The molecule has 3 nitrogen and oxygen atoms in total. The van der Waals surface area contributed by atoms with E-state index in [1.54, 1.807) is 13.2 Å². The second-order valence-electron chi connectivity index (χ2n) is 2.71. The standard InChI is InChI=1S/C9H10Br2O3S/c1-13-2-3-14-5-7(12)6-4-8(10)15-9(6)11/h4H,2-3,5H2,1H3. The average molecular weight is 358 g/mol. The van der Waals surface area contributed by atoms with E-state index in [1.807, 2.05) is 0 Å². The number of carbonyl (C=O) groups is 1. The van der Waals surface area contributed by atoms with E-state index < -0.39 is 0 Å². The first-order valence-corrected chi connectivity index (χ1v) is 6.60. The van der Waals surface area contributed by atoms with Gasteiger partial charge in [0, 0.05) is 12.7 Å². The maximum absolute atomic E-state index is 11.6. The van der Waals surface area contributed by atoms with Gasteiger partial charge in [-0.05, 0) is 37.9 Å². The maximum Gasteiger partial charge on any atom is 0.190 e. The van der Waals surface area contributed by atoms with Crippen molar-refractivity contribution < 1.29 is 14.3 Å². The molecule has 0 aromatic carbocycles. The zero-order valence-electron chi connectivity index (χ0n) is 8.09. The molecule has 0 saturated heterocycles. The monoisotopic (exact) mass is 356 g/mol. The van der Waals surface area contributed by atoms with Gasteiger partial charge in [-0.2, -0.15) is 0 Å². The number of Topliss-reactive ketones (excluding diaryl/α,β-unsaturated/α-hetero) is 1. The fourth-order valence-electron chi connectivity index (χ4n) is 0.915. The molecular formula is C9H10Br2O3S. The first kappa shape index (κ1) is 13.3. The largest absolute Gasteiger partial charge is 0.382 e. The minimum Gasteiger partial charge on any atom is -0.382 e. The van der Waals surface area contributed by atoms with Crippen LogP contribution in [0.1, 0.15) is 10.4 Å². The molecule has 0 saturated carbocycles.